The summed E-state index contributed by atoms with van der Waals surface area (Å²) in [6.07, 6.45) is 2.64. The molecule has 0 heterocycles. The van der Waals surface area contributed by atoms with Crippen LogP contribution in [0, 0.1) is 13.8 Å². The third-order valence-electron chi connectivity index (χ3n) is 4.01. The van der Waals surface area contributed by atoms with Crippen molar-refractivity contribution < 1.29 is 14.3 Å². The lowest BCUT2D eigenvalue weighted by Crippen LogP contribution is -2.18. The van der Waals surface area contributed by atoms with Crippen LogP contribution < -0.4 is 9.47 Å². The number of amidine groups is 1. The number of rotatable bonds is 6. The van der Waals surface area contributed by atoms with Gasteiger partial charge in [-0.05, 0) is 66.6 Å². The number of carbonyl (C=O) groups is 1. The van der Waals surface area contributed by atoms with Crippen molar-refractivity contribution in [1.82, 2.24) is 4.90 Å². The predicted molar refractivity (Wildman–Crippen MR) is 118 cm³/mol. The average molecular weight is 399 g/mol. The van der Waals surface area contributed by atoms with Crippen LogP contribution in [0.4, 0.5) is 5.69 Å². The van der Waals surface area contributed by atoms with Crippen molar-refractivity contribution in [3.8, 4) is 11.5 Å². The fraction of sp³-hybridized carbons (Fsp3) is 0.273. The minimum absolute atomic E-state index is 0.546. The molecule has 2 aromatic rings. The van der Waals surface area contributed by atoms with Crippen LogP contribution in [0.2, 0.25) is 0 Å². The Morgan fingerprint density at radius 1 is 1.04 bits per heavy atom. The Morgan fingerprint density at radius 3 is 2.36 bits per heavy atom. The molecule has 0 N–H and O–H groups in total. The fourth-order valence-corrected chi connectivity index (χ4v) is 3.24. The summed E-state index contributed by atoms with van der Waals surface area (Å²) in [6, 6.07) is 11.7. The number of hydrogen-bond donors (Lipinski definition) is 0. The molecule has 0 atom stereocenters. The van der Waals surface area contributed by atoms with Gasteiger partial charge in [-0.15, -0.1) is 0 Å². The number of aryl methyl sites for hydroxylation is 2. The second-order valence-corrected chi connectivity index (χ2v) is 7.50. The van der Waals surface area contributed by atoms with Crippen LogP contribution in [-0.4, -0.2) is 44.7 Å². The van der Waals surface area contributed by atoms with Gasteiger partial charge in [-0.1, -0.05) is 18.2 Å². The van der Waals surface area contributed by atoms with Crippen LogP contribution in [0.25, 0.3) is 6.08 Å². The maximum Gasteiger partial charge on any atom is 0.168 e. The summed E-state index contributed by atoms with van der Waals surface area (Å²) in [7, 11) is 7.00. The van der Waals surface area contributed by atoms with Gasteiger partial charge in [-0.25, -0.2) is 4.99 Å². The van der Waals surface area contributed by atoms with E-state index in [1.165, 1.54) is 11.8 Å². The van der Waals surface area contributed by atoms with E-state index < -0.39 is 0 Å². The molecule has 148 valence electrons. The van der Waals surface area contributed by atoms with Gasteiger partial charge in [0.05, 0.1) is 24.8 Å². The molecule has 0 aliphatic heterocycles. The lowest BCUT2D eigenvalue weighted by molar-refractivity contribution is -0.104. The second-order valence-electron chi connectivity index (χ2n) is 6.46. The Balaban J connectivity index is 2.37. The van der Waals surface area contributed by atoms with Crippen LogP contribution in [0.3, 0.4) is 0 Å². The largest absolute Gasteiger partial charge is 0.493 e. The van der Waals surface area contributed by atoms with Crippen LogP contribution >= 0.6 is 11.8 Å². The van der Waals surface area contributed by atoms with Gasteiger partial charge in [0, 0.05) is 14.1 Å². The SMILES string of the molecule is COc1ccc(/C=C(\C=O)SC(=Nc2cc(C)ccc2C)N(C)C)cc1OC. The standard InChI is InChI=1S/C22H26N2O3S/c1-15-7-8-16(2)19(11-15)23-22(24(3)4)28-18(14-25)12-17-9-10-20(26-5)21(13-17)27-6/h7-14H,1-6H3/b18-12+,23-22?. The van der Waals surface area contributed by atoms with Gasteiger partial charge in [0.15, 0.2) is 23.0 Å². The zero-order valence-corrected chi connectivity index (χ0v) is 18.0. The van der Waals surface area contributed by atoms with Crippen molar-refractivity contribution in [2.24, 2.45) is 4.99 Å². The average Bonchev–Trinajstić information content (AvgIpc) is 2.69. The van der Waals surface area contributed by atoms with E-state index in [9.17, 15) is 4.79 Å². The number of carbonyl (C=O) groups excluding carboxylic acids is 1. The van der Waals surface area contributed by atoms with E-state index >= 15 is 0 Å². The van der Waals surface area contributed by atoms with Crippen LogP contribution in [-0.2, 0) is 4.79 Å². The fourth-order valence-electron chi connectivity index (χ4n) is 2.46. The lowest BCUT2D eigenvalue weighted by atomic mass is 10.1. The highest BCUT2D eigenvalue weighted by molar-refractivity contribution is 8.17. The number of thioether (sulfide) groups is 1. The Bertz CT molecular complexity index is 905. The number of aliphatic imine (C=N–C) groups is 1. The van der Waals surface area contributed by atoms with Crippen molar-refractivity contribution in [3.63, 3.8) is 0 Å². The Morgan fingerprint density at radius 2 is 1.75 bits per heavy atom. The number of hydrogen-bond acceptors (Lipinski definition) is 5. The minimum atomic E-state index is 0.546. The van der Waals surface area contributed by atoms with E-state index in [0.717, 1.165) is 33.8 Å². The maximum atomic E-state index is 11.7. The zero-order valence-electron chi connectivity index (χ0n) is 17.1. The first kappa shape index (κ1) is 21.6. The molecule has 0 saturated heterocycles. The molecule has 0 aromatic heterocycles. The smallest absolute Gasteiger partial charge is 0.168 e. The molecular weight excluding hydrogens is 372 g/mol. The van der Waals surface area contributed by atoms with Crippen molar-refractivity contribution in [3.05, 3.63) is 58.0 Å². The minimum Gasteiger partial charge on any atom is -0.493 e. The summed E-state index contributed by atoms with van der Waals surface area (Å²) in [5.74, 6) is 1.26. The monoisotopic (exact) mass is 398 g/mol. The maximum absolute atomic E-state index is 11.7. The number of aldehydes is 1. The van der Waals surface area contributed by atoms with Crippen molar-refractivity contribution in [2.75, 3.05) is 28.3 Å². The van der Waals surface area contributed by atoms with E-state index in [0.29, 0.717) is 16.4 Å². The molecule has 0 fully saturated rings. The molecule has 5 nitrogen and oxygen atoms in total. The quantitative estimate of drug-likeness (QED) is 0.302. The summed E-state index contributed by atoms with van der Waals surface area (Å²) in [5.41, 5.74) is 3.97. The first-order chi connectivity index (χ1) is 13.4. The molecular formula is C22H26N2O3S. The Hall–Kier alpha value is -2.73. The number of allylic oxidation sites excluding steroid dienone is 1. The van der Waals surface area contributed by atoms with Crippen LogP contribution in [0.5, 0.6) is 11.5 Å². The van der Waals surface area contributed by atoms with E-state index in [1.54, 1.807) is 14.2 Å². The van der Waals surface area contributed by atoms with Crippen molar-refractivity contribution in [2.45, 2.75) is 13.8 Å². The van der Waals surface area contributed by atoms with Gasteiger partial charge >= 0.3 is 0 Å². The molecule has 0 spiro atoms. The predicted octanol–water partition coefficient (Wildman–Crippen LogP) is 4.84. The van der Waals surface area contributed by atoms with E-state index in [1.807, 2.05) is 69.3 Å². The molecule has 0 saturated carbocycles. The summed E-state index contributed by atoms with van der Waals surface area (Å²) in [6.45, 7) is 4.06. The summed E-state index contributed by atoms with van der Waals surface area (Å²) in [4.78, 5) is 18.9. The molecule has 0 aliphatic carbocycles. The van der Waals surface area contributed by atoms with Gasteiger partial charge in [0.2, 0.25) is 0 Å². The van der Waals surface area contributed by atoms with E-state index in [4.69, 9.17) is 14.5 Å². The van der Waals surface area contributed by atoms with Crippen LogP contribution in [0.1, 0.15) is 16.7 Å². The third kappa shape index (κ3) is 5.63. The molecule has 0 aliphatic rings. The van der Waals surface area contributed by atoms with Crippen LogP contribution in [0.15, 0.2) is 46.3 Å². The highest BCUT2D eigenvalue weighted by atomic mass is 32.2. The summed E-state index contributed by atoms with van der Waals surface area (Å²) in [5, 5.41) is 0.729. The molecule has 0 unspecified atom stereocenters. The van der Waals surface area contributed by atoms with Gasteiger partial charge in [-0.3, -0.25) is 4.79 Å². The van der Waals surface area contributed by atoms with Gasteiger partial charge < -0.3 is 14.4 Å². The van der Waals surface area contributed by atoms with E-state index in [-0.39, 0.29) is 0 Å². The molecule has 2 rings (SSSR count). The zero-order chi connectivity index (χ0) is 20.7. The number of methoxy groups -OCH3 is 2. The van der Waals surface area contributed by atoms with Crippen molar-refractivity contribution >= 4 is 35.0 Å². The molecule has 0 radical (unpaired) electrons. The molecule has 28 heavy (non-hydrogen) atoms. The number of ether oxygens (including phenoxy) is 2. The Labute approximate surface area is 171 Å². The first-order valence-electron chi connectivity index (χ1n) is 8.78. The molecule has 0 bridgehead atoms. The van der Waals surface area contributed by atoms with Gasteiger partial charge in [-0.2, -0.15) is 0 Å². The molecule has 0 amide bonds. The molecule has 6 heteroatoms. The second kappa shape index (κ2) is 9.99. The number of benzene rings is 2. The third-order valence-corrected chi connectivity index (χ3v) is 5.09. The van der Waals surface area contributed by atoms with Gasteiger partial charge in [0.25, 0.3) is 0 Å². The first-order valence-corrected chi connectivity index (χ1v) is 9.59. The lowest BCUT2D eigenvalue weighted by Gasteiger charge is -2.16. The summed E-state index contributed by atoms with van der Waals surface area (Å²) >= 11 is 1.32. The highest BCUT2D eigenvalue weighted by Gasteiger charge is 2.10. The van der Waals surface area contributed by atoms with E-state index in [2.05, 4.69) is 6.07 Å². The normalized spacial score (nSPS) is 11.9. The molecule has 2 aromatic carbocycles. The summed E-state index contributed by atoms with van der Waals surface area (Å²) < 4.78 is 10.6. The topological polar surface area (TPSA) is 51.1 Å². The van der Waals surface area contributed by atoms with Gasteiger partial charge in [0.1, 0.15) is 0 Å². The highest BCUT2D eigenvalue weighted by Crippen LogP contribution is 2.30. The number of nitrogens with zero attached hydrogens (tertiary/aromatic N) is 2. The Kier molecular flexibility index (Phi) is 7.70. The van der Waals surface area contributed by atoms with Crippen molar-refractivity contribution in [1.29, 1.82) is 0 Å².